The highest BCUT2D eigenvalue weighted by atomic mass is 79.9. The molecule has 2 amide bonds. The maximum atomic E-state index is 12.2. The molecular weight excluding hydrogens is 420 g/mol. The number of carbonyl (C=O) groups is 2. The number of nitrogens with one attached hydrogen (secondary N) is 2. The zero-order chi connectivity index (χ0) is 19.1. The van der Waals surface area contributed by atoms with Crippen molar-refractivity contribution in [2.75, 3.05) is 51.1 Å². The summed E-state index contributed by atoms with van der Waals surface area (Å²) in [5.74, 6) is 0.431. The summed E-state index contributed by atoms with van der Waals surface area (Å²) in [6.07, 6.45) is 0. The molecule has 6 nitrogen and oxygen atoms in total. The van der Waals surface area contributed by atoms with Crippen LogP contribution in [0.5, 0.6) is 0 Å². The summed E-state index contributed by atoms with van der Waals surface area (Å²) in [6, 6.07) is 5.36. The molecule has 26 heavy (non-hydrogen) atoms. The zero-order valence-electron chi connectivity index (χ0n) is 15.2. The van der Waals surface area contributed by atoms with E-state index in [4.69, 9.17) is 11.6 Å². The Bertz CT molecular complexity index is 634. The van der Waals surface area contributed by atoms with Gasteiger partial charge in [0.2, 0.25) is 11.8 Å². The lowest BCUT2D eigenvalue weighted by molar-refractivity contribution is -0.123. The fourth-order valence-electron chi connectivity index (χ4n) is 2.67. The highest BCUT2D eigenvalue weighted by Crippen LogP contribution is 2.25. The molecule has 1 aromatic carbocycles. The van der Waals surface area contributed by atoms with Crippen LogP contribution in [0.15, 0.2) is 22.7 Å². The van der Waals surface area contributed by atoms with Crippen LogP contribution in [-0.2, 0) is 9.59 Å². The van der Waals surface area contributed by atoms with E-state index in [2.05, 4.69) is 50.2 Å². The van der Waals surface area contributed by atoms with Gasteiger partial charge in [-0.2, -0.15) is 0 Å². The van der Waals surface area contributed by atoms with E-state index in [0.29, 0.717) is 36.3 Å². The van der Waals surface area contributed by atoms with Crippen molar-refractivity contribution in [2.24, 2.45) is 5.92 Å². The first-order valence-electron chi connectivity index (χ1n) is 8.80. The first-order valence-corrected chi connectivity index (χ1v) is 9.97. The Morgan fingerprint density at radius 3 is 2.23 bits per heavy atom. The van der Waals surface area contributed by atoms with E-state index in [1.807, 2.05) is 6.07 Å². The SMILES string of the molecule is CC(C)CNC(=O)CN1CCN(CC(=O)Nc2ccc(Br)cc2Cl)CC1. The van der Waals surface area contributed by atoms with Gasteiger partial charge < -0.3 is 10.6 Å². The predicted molar refractivity (Wildman–Crippen MR) is 109 cm³/mol. The molecule has 1 aromatic rings. The molecule has 8 heteroatoms. The van der Waals surface area contributed by atoms with Gasteiger partial charge in [-0.1, -0.05) is 41.4 Å². The molecular formula is C18H26BrClN4O2. The summed E-state index contributed by atoms with van der Waals surface area (Å²) in [5.41, 5.74) is 0.611. The summed E-state index contributed by atoms with van der Waals surface area (Å²) in [4.78, 5) is 28.3. The van der Waals surface area contributed by atoms with Gasteiger partial charge in [0, 0.05) is 37.2 Å². The molecule has 1 fully saturated rings. The van der Waals surface area contributed by atoms with Crippen molar-refractivity contribution in [3.63, 3.8) is 0 Å². The van der Waals surface area contributed by atoms with Gasteiger partial charge in [-0.3, -0.25) is 19.4 Å². The first kappa shape index (κ1) is 21.2. The molecule has 1 aliphatic rings. The predicted octanol–water partition coefficient (Wildman–Crippen LogP) is 2.43. The van der Waals surface area contributed by atoms with Crippen LogP contribution in [0.4, 0.5) is 5.69 Å². The van der Waals surface area contributed by atoms with Gasteiger partial charge in [0.25, 0.3) is 0 Å². The fraction of sp³-hybridized carbons (Fsp3) is 0.556. The minimum Gasteiger partial charge on any atom is -0.355 e. The highest BCUT2D eigenvalue weighted by Gasteiger charge is 2.20. The molecule has 144 valence electrons. The number of amides is 2. The van der Waals surface area contributed by atoms with Gasteiger partial charge in [-0.05, 0) is 24.1 Å². The second-order valence-corrected chi connectivity index (χ2v) is 8.25. The first-order chi connectivity index (χ1) is 12.3. The third-order valence-corrected chi connectivity index (χ3v) is 4.92. The van der Waals surface area contributed by atoms with Crippen molar-refractivity contribution in [3.8, 4) is 0 Å². The number of anilines is 1. The number of hydrogen-bond donors (Lipinski definition) is 2. The Hall–Kier alpha value is -1.15. The molecule has 1 aliphatic heterocycles. The summed E-state index contributed by atoms with van der Waals surface area (Å²) in [6.45, 7) is 8.68. The van der Waals surface area contributed by atoms with E-state index in [0.717, 1.165) is 30.7 Å². The van der Waals surface area contributed by atoms with Crippen LogP contribution in [0.3, 0.4) is 0 Å². The van der Waals surface area contributed by atoms with Gasteiger partial charge >= 0.3 is 0 Å². The molecule has 1 saturated heterocycles. The van der Waals surface area contributed by atoms with Crippen molar-refractivity contribution < 1.29 is 9.59 Å². The van der Waals surface area contributed by atoms with Crippen LogP contribution in [0, 0.1) is 5.92 Å². The lowest BCUT2D eigenvalue weighted by Crippen LogP contribution is -2.51. The van der Waals surface area contributed by atoms with Gasteiger partial charge in [-0.25, -0.2) is 0 Å². The van der Waals surface area contributed by atoms with E-state index < -0.39 is 0 Å². The summed E-state index contributed by atoms with van der Waals surface area (Å²) >= 11 is 9.47. The summed E-state index contributed by atoms with van der Waals surface area (Å²) < 4.78 is 0.869. The van der Waals surface area contributed by atoms with Crippen LogP contribution in [0.1, 0.15) is 13.8 Å². The number of benzene rings is 1. The van der Waals surface area contributed by atoms with E-state index >= 15 is 0 Å². The quantitative estimate of drug-likeness (QED) is 0.676. The number of hydrogen-bond acceptors (Lipinski definition) is 4. The Morgan fingerprint density at radius 2 is 1.69 bits per heavy atom. The second-order valence-electron chi connectivity index (χ2n) is 6.92. The smallest absolute Gasteiger partial charge is 0.238 e. The standard InChI is InChI=1S/C18H26BrClN4O2/c1-13(2)10-21-17(25)11-23-5-7-24(8-6-23)12-18(26)22-16-4-3-14(19)9-15(16)20/h3-4,9,13H,5-8,10-12H2,1-2H3,(H,21,25)(H,22,26). The molecule has 0 bridgehead atoms. The Labute approximate surface area is 168 Å². The number of rotatable bonds is 7. The van der Waals surface area contributed by atoms with E-state index in [1.54, 1.807) is 12.1 Å². The summed E-state index contributed by atoms with van der Waals surface area (Å²) in [5, 5.41) is 6.28. The Kier molecular flexibility index (Phi) is 8.34. The van der Waals surface area contributed by atoms with Gasteiger partial charge in [-0.15, -0.1) is 0 Å². The monoisotopic (exact) mass is 444 g/mol. The third-order valence-electron chi connectivity index (χ3n) is 4.11. The number of carbonyl (C=O) groups excluding carboxylic acids is 2. The second kappa shape index (κ2) is 10.3. The van der Waals surface area contributed by atoms with Gasteiger partial charge in [0.1, 0.15) is 0 Å². The minimum absolute atomic E-state index is 0.0646. The van der Waals surface area contributed by atoms with Crippen molar-refractivity contribution >= 4 is 45.0 Å². The maximum absolute atomic E-state index is 12.2. The normalized spacial score (nSPS) is 15.9. The van der Waals surface area contributed by atoms with Crippen molar-refractivity contribution in [1.82, 2.24) is 15.1 Å². The number of nitrogens with zero attached hydrogens (tertiary/aromatic N) is 2. The molecule has 1 heterocycles. The van der Waals surface area contributed by atoms with Crippen LogP contribution >= 0.6 is 27.5 Å². The average molecular weight is 446 g/mol. The van der Waals surface area contributed by atoms with Crippen LogP contribution in [0.2, 0.25) is 5.02 Å². The Balaban J connectivity index is 1.71. The maximum Gasteiger partial charge on any atom is 0.238 e. The molecule has 0 saturated carbocycles. The molecule has 0 spiro atoms. The zero-order valence-corrected chi connectivity index (χ0v) is 17.6. The average Bonchev–Trinajstić information content (AvgIpc) is 2.57. The van der Waals surface area contributed by atoms with Crippen LogP contribution in [0.25, 0.3) is 0 Å². The largest absolute Gasteiger partial charge is 0.355 e. The minimum atomic E-state index is -0.0858. The topological polar surface area (TPSA) is 64.7 Å². The molecule has 0 atom stereocenters. The lowest BCUT2D eigenvalue weighted by Gasteiger charge is -2.33. The van der Waals surface area contributed by atoms with E-state index in [1.165, 1.54) is 0 Å². The van der Waals surface area contributed by atoms with Crippen LogP contribution in [-0.4, -0.2) is 67.4 Å². The third kappa shape index (κ3) is 7.23. The van der Waals surface area contributed by atoms with Gasteiger partial charge in [0.15, 0.2) is 0 Å². The van der Waals surface area contributed by atoms with Crippen molar-refractivity contribution in [1.29, 1.82) is 0 Å². The fourth-order valence-corrected chi connectivity index (χ4v) is 3.39. The van der Waals surface area contributed by atoms with Gasteiger partial charge in [0.05, 0.1) is 23.8 Å². The molecule has 2 N–H and O–H groups in total. The van der Waals surface area contributed by atoms with Crippen molar-refractivity contribution in [3.05, 3.63) is 27.7 Å². The Morgan fingerprint density at radius 1 is 1.12 bits per heavy atom. The van der Waals surface area contributed by atoms with Crippen LogP contribution < -0.4 is 10.6 Å². The molecule has 0 unspecified atom stereocenters. The molecule has 0 aromatic heterocycles. The lowest BCUT2D eigenvalue weighted by atomic mass is 10.2. The summed E-state index contributed by atoms with van der Waals surface area (Å²) in [7, 11) is 0. The molecule has 2 rings (SSSR count). The number of halogens is 2. The van der Waals surface area contributed by atoms with Crippen molar-refractivity contribution in [2.45, 2.75) is 13.8 Å². The molecule has 0 radical (unpaired) electrons. The van der Waals surface area contributed by atoms with E-state index in [-0.39, 0.29) is 11.8 Å². The number of piperazine rings is 1. The molecule has 0 aliphatic carbocycles. The van der Waals surface area contributed by atoms with E-state index in [9.17, 15) is 9.59 Å². The highest BCUT2D eigenvalue weighted by molar-refractivity contribution is 9.10.